The first-order chi connectivity index (χ1) is 15.2. The van der Waals surface area contributed by atoms with Crippen LogP contribution in [0.5, 0.6) is 0 Å². The van der Waals surface area contributed by atoms with Gasteiger partial charge in [0.25, 0.3) is 5.91 Å². The fraction of sp³-hybridized carbons (Fsp3) is 0.435. The van der Waals surface area contributed by atoms with Gasteiger partial charge in [-0.15, -0.1) is 0 Å². The number of nitrogens with one attached hydrogen (secondary N) is 1. The smallest absolute Gasteiger partial charge is 0.254 e. The summed E-state index contributed by atoms with van der Waals surface area (Å²) >= 11 is 6.19. The number of sulfonamides is 1. The Bertz CT molecular complexity index is 1070. The number of ether oxygens (including phenoxy) is 1. The number of nitrogens with zero attached hydrogens (tertiary/aromatic N) is 1. The summed E-state index contributed by atoms with van der Waals surface area (Å²) in [6.45, 7) is 5.33. The second kappa shape index (κ2) is 10.3. The molecule has 2 aromatic rings. The Balaban J connectivity index is 1.86. The molecule has 0 aromatic heterocycles. The van der Waals surface area contributed by atoms with Crippen molar-refractivity contribution in [3.8, 4) is 0 Å². The van der Waals surface area contributed by atoms with Crippen molar-refractivity contribution in [2.45, 2.75) is 37.0 Å². The third-order valence-electron chi connectivity index (χ3n) is 6.00. The Morgan fingerprint density at radius 1 is 1.16 bits per heavy atom. The number of hydrogen-bond acceptors (Lipinski definition) is 4. The van der Waals surface area contributed by atoms with E-state index in [9.17, 15) is 17.6 Å². The van der Waals surface area contributed by atoms with E-state index in [0.717, 1.165) is 17.7 Å². The first-order valence-corrected chi connectivity index (χ1v) is 12.5. The van der Waals surface area contributed by atoms with Crippen LogP contribution in [0.2, 0.25) is 5.02 Å². The van der Waals surface area contributed by atoms with E-state index in [-0.39, 0.29) is 30.1 Å². The van der Waals surface area contributed by atoms with Gasteiger partial charge in [-0.05, 0) is 48.7 Å². The Kier molecular flexibility index (Phi) is 7.92. The largest absolute Gasteiger partial charge is 0.381 e. The number of benzene rings is 2. The monoisotopic (exact) mass is 482 g/mol. The summed E-state index contributed by atoms with van der Waals surface area (Å²) in [4.78, 5) is 12.8. The molecule has 0 spiro atoms. The highest BCUT2D eigenvalue weighted by molar-refractivity contribution is 7.89. The summed E-state index contributed by atoms with van der Waals surface area (Å²) < 4.78 is 46.9. The van der Waals surface area contributed by atoms with Gasteiger partial charge in [-0.2, -0.15) is 4.31 Å². The number of carbonyl (C=O) groups excluding carboxylic acids is 1. The van der Waals surface area contributed by atoms with Gasteiger partial charge in [0.1, 0.15) is 5.82 Å². The minimum atomic E-state index is -3.81. The topological polar surface area (TPSA) is 75.7 Å². The van der Waals surface area contributed by atoms with Crippen molar-refractivity contribution in [1.82, 2.24) is 9.62 Å². The third-order valence-corrected chi connectivity index (χ3v) is 8.28. The molecule has 1 saturated heterocycles. The van der Waals surface area contributed by atoms with E-state index in [0.29, 0.717) is 31.1 Å². The molecule has 0 atom stereocenters. The van der Waals surface area contributed by atoms with E-state index >= 15 is 0 Å². The summed E-state index contributed by atoms with van der Waals surface area (Å²) in [5.74, 6) is -1.43. The van der Waals surface area contributed by atoms with Gasteiger partial charge in [-0.3, -0.25) is 4.79 Å². The van der Waals surface area contributed by atoms with E-state index < -0.39 is 27.2 Å². The molecule has 0 saturated carbocycles. The zero-order valence-electron chi connectivity index (χ0n) is 18.2. The van der Waals surface area contributed by atoms with Crippen molar-refractivity contribution in [2.24, 2.45) is 0 Å². The van der Waals surface area contributed by atoms with Crippen molar-refractivity contribution in [3.05, 3.63) is 64.4 Å². The zero-order chi connectivity index (χ0) is 23.4. The van der Waals surface area contributed by atoms with Crippen molar-refractivity contribution in [1.29, 1.82) is 0 Å². The lowest BCUT2D eigenvalue weighted by atomic mass is 9.74. The highest BCUT2D eigenvalue weighted by Gasteiger charge is 2.35. The summed E-state index contributed by atoms with van der Waals surface area (Å²) in [6.07, 6.45) is 1.35. The first-order valence-electron chi connectivity index (χ1n) is 10.6. The molecule has 0 bridgehead atoms. The highest BCUT2D eigenvalue weighted by atomic mass is 35.5. The SMILES string of the molecule is CCN(CC)S(=O)(=O)c1ccc(F)c(C(=O)NCC2(c3cccc(Cl)c3)CCOCC2)c1. The molecular weight excluding hydrogens is 455 g/mol. The predicted molar refractivity (Wildman–Crippen MR) is 122 cm³/mol. The van der Waals surface area contributed by atoms with Crippen LogP contribution in [0.4, 0.5) is 4.39 Å². The molecule has 1 amide bonds. The van der Waals surface area contributed by atoms with Gasteiger partial charge in [0, 0.05) is 43.3 Å². The van der Waals surface area contributed by atoms with E-state index in [4.69, 9.17) is 16.3 Å². The maximum absolute atomic E-state index is 14.5. The van der Waals surface area contributed by atoms with Crippen molar-refractivity contribution in [2.75, 3.05) is 32.8 Å². The van der Waals surface area contributed by atoms with Crippen LogP contribution in [0, 0.1) is 5.82 Å². The summed E-state index contributed by atoms with van der Waals surface area (Å²) in [7, 11) is -3.81. The number of rotatable bonds is 8. The van der Waals surface area contributed by atoms with Crippen LogP contribution in [0.15, 0.2) is 47.4 Å². The van der Waals surface area contributed by atoms with Crippen LogP contribution in [-0.2, 0) is 20.2 Å². The molecule has 1 fully saturated rings. The van der Waals surface area contributed by atoms with Crippen molar-refractivity contribution < 1.29 is 22.3 Å². The molecule has 174 valence electrons. The van der Waals surface area contributed by atoms with Crippen LogP contribution in [0.25, 0.3) is 0 Å². The molecule has 1 N–H and O–H groups in total. The van der Waals surface area contributed by atoms with E-state index in [2.05, 4.69) is 5.32 Å². The molecule has 0 unspecified atom stereocenters. The molecule has 3 rings (SSSR count). The molecule has 1 heterocycles. The third kappa shape index (κ3) is 5.14. The lowest BCUT2D eigenvalue weighted by Crippen LogP contribution is -2.44. The Morgan fingerprint density at radius 3 is 2.47 bits per heavy atom. The van der Waals surface area contributed by atoms with E-state index in [1.807, 2.05) is 18.2 Å². The molecule has 1 aliphatic rings. The Hall–Kier alpha value is -2.00. The molecular formula is C23H28ClFN2O4S. The number of amides is 1. The molecule has 6 nitrogen and oxygen atoms in total. The number of hydrogen-bond donors (Lipinski definition) is 1. The average molecular weight is 483 g/mol. The van der Waals surface area contributed by atoms with Crippen LogP contribution < -0.4 is 5.32 Å². The molecule has 9 heteroatoms. The first kappa shape index (κ1) is 24.6. The van der Waals surface area contributed by atoms with Crippen LogP contribution in [0.3, 0.4) is 0 Å². The van der Waals surface area contributed by atoms with Gasteiger partial charge in [-0.25, -0.2) is 12.8 Å². The second-order valence-electron chi connectivity index (χ2n) is 7.82. The van der Waals surface area contributed by atoms with Gasteiger partial charge in [0.15, 0.2) is 0 Å². The maximum Gasteiger partial charge on any atom is 0.254 e. The van der Waals surface area contributed by atoms with Crippen LogP contribution in [0.1, 0.15) is 42.6 Å². The summed E-state index contributed by atoms with van der Waals surface area (Å²) in [6, 6.07) is 10.8. The predicted octanol–water partition coefficient (Wildman–Crippen LogP) is 3.99. The molecule has 0 radical (unpaired) electrons. The van der Waals surface area contributed by atoms with Gasteiger partial charge in [0.05, 0.1) is 10.5 Å². The molecule has 2 aromatic carbocycles. The standard InChI is InChI=1S/C23H28ClFN2O4S/c1-3-27(4-2)32(29,30)19-8-9-21(25)20(15-19)22(28)26-16-23(10-12-31-13-11-23)17-6-5-7-18(24)14-17/h5-9,14-15H,3-4,10-13,16H2,1-2H3,(H,26,28). The molecule has 32 heavy (non-hydrogen) atoms. The number of halogens is 2. The van der Waals surface area contributed by atoms with E-state index in [1.165, 1.54) is 10.4 Å². The van der Waals surface area contributed by atoms with Gasteiger partial charge in [0.2, 0.25) is 10.0 Å². The summed E-state index contributed by atoms with van der Waals surface area (Å²) in [5, 5.41) is 3.42. The van der Waals surface area contributed by atoms with Gasteiger partial charge >= 0.3 is 0 Å². The summed E-state index contributed by atoms with van der Waals surface area (Å²) in [5.41, 5.74) is 0.277. The van der Waals surface area contributed by atoms with Crippen molar-refractivity contribution >= 4 is 27.5 Å². The Labute approximate surface area is 193 Å². The second-order valence-corrected chi connectivity index (χ2v) is 10.2. The average Bonchev–Trinajstić information content (AvgIpc) is 2.79. The minimum absolute atomic E-state index is 0.108. The maximum atomic E-state index is 14.5. The quantitative estimate of drug-likeness (QED) is 0.617. The Morgan fingerprint density at radius 2 is 1.84 bits per heavy atom. The minimum Gasteiger partial charge on any atom is -0.381 e. The van der Waals surface area contributed by atoms with Gasteiger partial charge < -0.3 is 10.1 Å². The molecule has 1 aliphatic heterocycles. The van der Waals surface area contributed by atoms with Crippen LogP contribution >= 0.6 is 11.6 Å². The van der Waals surface area contributed by atoms with E-state index in [1.54, 1.807) is 19.9 Å². The van der Waals surface area contributed by atoms with Crippen molar-refractivity contribution in [3.63, 3.8) is 0 Å². The number of carbonyl (C=O) groups is 1. The van der Waals surface area contributed by atoms with Gasteiger partial charge in [-0.1, -0.05) is 37.6 Å². The lowest BCUT2D eigenvalue weighted by molar-refractivity contribution is 0.0487. The molecule has 0 aliphatic carbocycles. The fourth-order valence-electron chi connectivity index (χ4n) is 4.04. The zero-order valence-corrected chi connectivity index (χ0v) is 19.8. The lowest BCUT2D eigenvalue weighted by Gasteiger charge is -2.38. The fourth-order valence-corrected chi connectivity index (χ4v) is 5.72. The normalized spacial score (nSPS) is 16.2. The van der Waals surface area contributed by atoms with Crippen LogP contribution in [-0.4, -0.2) is 51.5 Å². The highest BCUT2D eigenvalue weighted by Crippen LogP contribution is 2.35.